The molecular weight excluding hydrogens is 512 g/mol. The number of carbonyl (C=O) groups is 3. The van der Waals surface area contributed by atoms with Gasteiger partial charge in [-0.25, -0.2) is 0 Å². The fraction of sp³-hybridized carbons (Fsp3) is 0.0870. The monoisotopic (exact) mass is 526 g/mol. The highest BCUT2D eigenvalue weighted by Gasteiger charge is 2.36. The molecule has 1 aliphatic rings. The third-order valence-electron chi connectivity index (χ3n) is 4.86. The van der Waals surface area contributed by atoms with Crippen LogP contribution in [0.5, 0.6) is 0 Å². The zero-order valence-electron chi connectivity index (χ0n) is 17.1. The molecule has 0 unspecified atom stereocenters. The van der Waals surface area contributed by atoms with Crippen LogP contribution in [0.25, 0.3) is 17.4 Å². The van der Waals surface area contributed by atoms with Crippen molar-refractivity contribution in [3.63, 3.8) is 0 Å². The molecule has 2 aromatic carbocycles. The van der Waals surface area contributed by atoms with Crippen LogP contribution in [0.15, 0.2) is 68.4 Å². The summed E-state index contributed by atoms with van der Waals surface area (Å²) >= 11 is 3.99. The Balaban J connectivity index is 1.54. The maximum Gasteiger partial charge on any atom is 0.293 e. The lowest BCUT2D eigenvalue weighted by atomic mass is 10.1. The molecule has 1 aliphatic heterocycles. The predicted octanol–water partition coefficient (Wildman–Crippen LogP) is 5.84. The molecule has 8 nitrogen and oxygen atoms in total. The van der Waals surface area contributed by atoms with Crippen molar-refractivity contribution >= 4 is 56.4 Å². The number of imide groups is 1. The van der Waals surface area contributed by atoms with E-state index in [9.17, 15) is 24.5 Å². The van der Waals surface area contributed by atoms with Crippen LogP contribution in [-0.4, -0.2) is 33.3 Å². The van der Waals surface area contributed by atoms with Gasteiger partial charge in [0.2, 0.25) is 0 Å². The molecule has 1 aromatic heterocycles. The molecule has 2 heterocycles. The third-order valence-corrected chi connectivity index (χ3v) is 6.29. The summed E-state index contributed by atoms with van der Waals surface area (Å²) in [6.45, 7) is 1.38. The number of thioether (sulfide) groups is 1. The van der Waals surface area contributed by atoms with E-state index in [4.69, 9.17) is 4.42 Å². The number of nitro benzene ring substituents is 1. The standard InChI is InChI=1S/C23H15BrN2O6S/c1-13-2-8-17(18(10-13)26(30)31)20-9-7-16(32-20)11-21-22(28)25(23(29)33-21)12-19(27)14-3-5-15(24)6-4-14/h2-11H,12H2,1H3/b21-11+. The number of carbonyl (C=O) groups excluding carboxylic acids is 3. The first-order chi connectivity index (χ1) is 15.7. The topological polar surface area (TPSA) is 111 Å². The van der Waals surface area contributed by atoms with Crippen LogP contribution in [0.2, 0.25) is 0 Å². The summed E-state index contributed by atoms with van der Waals surface area (Å²) in [4.78, 5) is 49.4. The van der Waals surface area contributed by atoms with Crippen LogP contribution < -0.4 is 0 Å². The number of nitro groups is 1. The molecule has 0 spiro atoms. The second-order valence-corrected chi connectivity index (χ2v) is 9.09. The molecule has 4 rings (SSSR count). The van der Waals surface area contributed by atoms with Crippen LogP contribution in [0.4, 0.5) is 10.5 Å². The van der Waals surface area contributed by atoms with Crippen LogP contribution >= 0.6 is 27.7 Å². The van der Waals surface area contributed by atoms with E-state index in [1.807, 2.05) is 0 Å². The zero-order chi connectivity index (χ0) is 23.7. The van der Waals surface area contributed by atoms with Crippen LogP contribution in [0.1, 0.15) is 21.7 Å². The normalized spacial score (nSPS) is 14.8. The second kappa shape index (κ2) is 9.16. The highest BCUT2D eigenvalue weighted by atomic mass is 79.9. The minimum Gasteiger partial charge on any atom is -0.456 e. The predicted molar refractivity (Wildman–Crippen MR) is 127 cm³/mol. The maximum atomic E-state index is 12.7. The Bertz CT molecular complexity index is 1330. The number of aryl methyl sites for hydroxylation is 1. The zero-order valence-corrected chi connectivity index (χ0v) is 19.5. The number of halogens is 1. The van der Waals surface area contributed by atoms with Crippen molar-refractivity contribution in [1.29, 1.82) is 0 Å². The molecule has 33 heavy (non-hydrogen) atoms. The number of Topliss-reactive ketones (excluding diaryl/α,β-unsaturated/α-hetero) is 1. The summed E-state index contributed by atoms with van der Waals surface area (Å²) < 4.78 is 6.50. The summed E-state index contributed by atoms with van der Waals surface area (Å²) in [6.07, 6.45) is 1.39. The largest absolute Gasteiger partial charge is 0.456 e. The van der Waals surface area contributed by atoms with Gasteiger partial charge in [-0.1, -0.05) is 34.1 Å². The number of amides is 2. The van der Waals surface area contributed by atoms with Gasteiger partial charge in [0, 0.05) is 22.2 Å². The number of hydrogen-bond acceptors (Lipinski definition) is 7. The Hall–Kier alpha value is -3.50. The Labute approximate surface area is 200 Å². The Morgan fingerprint density at radius 3 is 2.58 bits per heavy atom. The number of nitrogens with zero attached hydrogens (tertiary/aromatic N) is 2. The van der Waals surface area contributed by atoms with Gasteiger partial charge in [-0.2, -0.15) is 0 Å². The number of rotatable bonds is 6. The first-order valence-electron chi connectivity index (χ1n) is 9.62. The molecule has 0 aliphatic carbocycles. The number of hydrogen-bond donors (Lipinski definition) is 0. The van der Waals surface area contributed by atoms with E-state index in [0.29, 0.717) is 22.9 Å². The van der Waals surface area contributed by atoms with E-state index in [-0.39, 0.29) is 34.4 Å². The minimum atomic E-state index is -0.602. The third kappa shape index (κ3) is 4.81. The van der Waals surface area contributed by atoms with E-state index >= 15 is 0 Å². The molecular formula is C23H15BrN2O6S. The van der Waals surface area contributed by atoms with Crippen molar-refractivity contribution in [1.82, 2.24) is 4.90 Å². The SMILES string of the molecule is Cc1ccc(-c2ccc(/C=C3/SC(=O)N(CC(=O)c4ccc(Br)cc4)C3=O)o2)c([N+](=O)[O-])c1. The Morgan fingerprint density at radius 1 is 1.15 bits per heavy atom. The van der Waals surface area contributed by atoms with Crippen molar-refractivity contribution in [2.24, 2.45) is 0 Å². The van der Waals surface area contributed by atoms with Crippen LogP contribution in [-0.2, 0) is 4.79 Å². The lowest BCUT2D eigenvalue weighted by Crippen LogP contribution is -2.33. The molecule has 0 N–H and O–H groups in total. The molecule has 0 radical (unpaired) electrons. The van der Waals surface area contributed by atoms with Gasteiger partial charge >= 0.3 is 0 Å². The second-order valence-electron chi connectivity index (χ2n) is 7.18. The fourth-order valence-corrected chi connectivity index (χ4v) is 4.30. The van der Waals surface area contributed by atoms with Crippen molar-refractivity contribution in [2.75, 3.05) is 6.54 Å². The van der Waals surface area contributed by atoms with Gasteiger partial charge in [-0.15, -0.1) is 0 Å². The smallest absolute Gasteiger partial charge is 0.293 e. The summed E-state index contributed by atoms with van der Waals surface area (Å²) in [5.41, 5.74) is 1.33. The molecule has 166 valence electrons. The average Bonchev–Trinajstić information content (AvgIpc) is 3.34. The minimum absolute atomic E-state index is 0.0947. The van der Waals surface area contributed by atoms with Gasteiger partial charge in [-0.3, -0.25) is 29.4 Å². The van der Waals surface area contributed by atoms with E-state index in [0.717, 1.165) is 14.9 Å². The summed E-state index contributed by atoms with van der Waals surface area (Å²) in [7, 11) is 0. The van der Waals surface area contributed by atoms with Gasteiger partial charge in [0.05, 0.1) is 21.9 Å². The highest BCUT2D eigenvalue weighted by Crippen LogP contribution is 2.35. The van der Waals surface area contributed by atoms with Crippen molar-refractivity contribution in [3.05, 3.63) is 91.0 Å². The lowest BCUT2D eigenvalue weighted by molar-refractivity contribution is -0.384. The van der Waals surface area contributed by atoms with Crippen LogP contribution in [0.3, 0.4) is 0 Å². The molecule has 2 amide bonds. The van der Waals surface area contributed by atoms with Gasteiger partial charge < -0.3 is 4.42 Å². The molecule has 1 saturated heterocycles. The lowest BCUT2D eigenvalue weighted by Gasteiger charge is -2.11. The van der Waals surface area contributed by atoms with Gasteiger partial charge in [-0.05, 0) is 54.6 Å². The number of benzene rings is 2. The quantitative estimate of drug-likeness (QED) is 0.171. The van der Waals surface area contributed by atoms with E-state index in [1.165, 1.54) is 12.1 Å². The summed E-state index contributed by atoms with van der Waals surface area (Å²) in [5.74, 6) is -0.449. The van der Waals surface area contributed by atoms with Crippen molar-refractivity contribution in [3.8, 4) is 11.3 Å². The van der Waals surface area contributed by atoms with Gasteiger partial charge in [0.15, 0.2) is 5.78 Å². The highest BCUT2D eigenvalue weighted by molar-refractivity contribution is 9.10. The number of ketones is 1. The van der Waals surface area contributed by atoms with Gasteiger partial charge in [0.1, 0.15) is 11.5 Å². The molecule has 0 saturated carbocycles. The van der Waals surface area contributed by atoms with E-state index in [2.05, 4.69) is 15.9 Å². The molecule has 1 fully saturated rings. The Kier molecular flexibility index (Phi) is 6.30. The molecule has 0 bridgehead atoms. The first kappa shape index (κ1) is 22.7. The molecule has 3 aromatic rings. The molecule has 10 heteroatoms. The van der Waals surface area contributed by atoms with Crippen LogP contribution in [0, 0.1) is 17.0 Å². The molecule has 0 atom stereocenters. The summed E-state index contributed by atoms with van der Waals surface area (Å²) in [6, 6.07) is 14.5. The first-order valence-corrected chi connectivity index (χ1v) is 11.2. The summed E-state index contributed by atoms with van der Waals surface area (Å²) in [5, 5.41) is 10.8. The average molecular weight is 527 g/mol. The Morgan fingerprint density at radius 2 is 1.88 bits per heavy atom. The van der Waals surface area contributed by atoms with E-state index < -0.39 is 16.1 Å². The van der Waals surface area contributed by atoms with Crippen molar-refractivity contribution < 1.29 is 23.7 Å². The number of furan rings is 1. The maximum absolute atomic E-state index is 12.7. The van der Waals surface area contributed by atoms with Gasteiger partial charge in [0.25, 0.3) is 16.8 Å². The van der Waals surface area contributed by atoms with E-state index in [1.54, 1.807) is 55.5 Å². The fourth-order valence-electron chi connectivity index (χ4n) is 3.21. The van der Waals surface area contributed by atoms with Crippen molar-refractivity contribution in [2.45, 2.75) is 6.92 Å².